The Balaban J connectivity index is 2.15. The highest BCUT2D eigenvalue weighted by atomic mass is 19.4. The van der Waals surface area contributed by atoms with Gasteiger partial charge in [-0.05, 0) is 30.3 Å². The fourth-order valence-corrected chi connectivity index (χ4v) is 2.28. The van der Waals surface area contributed by atoms with Crippen LogP contribution in [0, 0.1) is 0 Å². The zero-order valence-corrected chi connectivity index (χ0v) is 12.2. The van der Waals surface area contributed by atoms with Crippen molar-refractivity contribution in [3.05, 3.63) is 71.9 Å². The Labute approximate surface area is 134 Å². The van der Waals surface area contributed by atoms with Crippen molar-refractivity contribution in [1.82, 2.24) is 9.78 Å². The van der Waals surface area contributed by atoms with E-state index in [1.54, 1.807) is 30.3 Å². The van der Waals surface area contributed by atoms with Gasteiger partial charge in [-0.1, -0.05) is 30.3 Å². The Kier molecular flexibility index (Phi) is 3.84. The molecule has 0 saturated heterocycles. The van der Waals surface area contributed by atoms with Gasteiger partial charge in [0.2, 0.25) is 0 Å². The first-order chi connectivity index (χ1) is 11.4. The zero-order valence-electron chi connectivity index (χ0n) is 12.2. The molecule has 3 aromatic rings. The number of hydrogen-bond donors (Lipinski definition) is 1. The van der Waals surface area contributed by atoms with E-state index in [-0.39, 0.29) is 11.3 Å². The van der Waals surface area contributed by atoms with Gasteiger partial charge in [-0.25, -0.2) is 9.48 Å². The maximum atomic E-state index is 13.0. The molecule has 0 atom stereocenters. The molecule has 1 heterocycles. The van der Waals surface area contributed by atoms with E-state index >= 15 is 0 Å². The van der Waals surface area contributed by atoms with E-state index in [9.17, 15) is 18.0 Å². The number of carboxylic acid groups (broad SMARTS) is 1. The number of aromatic carboxylic acids is 1. The third-order valence-electron chi connectivity index (χ3n) is 3.43. The van der Waals surface area contributed by atoms with Crippen LogP contribution in [0.25, 0.3) is 16.9 Å². The number of halogens is 3. The molecule has 0 amide bonds. The summed E-state index contributed by atoms with van der Waals surface area (Å²) in [7, 11) is 0. The molecule has 1 aromatic heterocycles. The lowest BCUT2D eigenvalue weighted by Crippen LogP contribution is -2.07. The van der Waals surface area contributed by atoms with Crippen LogP contribution in [0.4, 0.5) is 13.2 Å². The number of hydrogen-bond acceptors (Lipinski definition) is 2. The predicted octanol–water partition coefficient (Wildman–Crippen LogP) is 4.26. The topological polar surface area (TPSA) is 55.1 Å². The molecular weight excluding hydrogens is 321 g/mol. The van der Waals surface area contributed by atoms with Gasteiger partial charge in [0.25, 0.3) is 0 Å². The Morgan fingerprint density at radius 3 is 2.17 bits per heavy atom. The minimum Gasteiger partial charge on any atom is -0.478 e. The van der Waals surface area contributed by atoms with Gasteiger partial charge in [0.05, 0.1) is 16.9 Å². The fourth-order valence-electron chi connectivity index (χ4n) is 2.28. The molecule has 0 bridgehead atoms. The molecular formula is C17H11F3N2O2. The molecule has 7 heteroatoms. The molecule has 1 N–H and O–H groups in total. The van der Waals surface area contributed by atoms with E-state index in [1.807, 2.05) is 0 Å². The maximum Gasteiger partial charge on any atom is 0.435 e. The van der Waals surface area contributed by atoms with Crippen LogP contribution >= 0.6 is 0 Å². The van der Waals surface area contributed by atoms with E-state index in [0.717, 1.165) is 10.7 Å². The van der Waals surface area contributed by atoms with Gasteiger partial charge in [0.1, 0.15) is 0 Å². The summed E-state index contributed by atoms with van der Waals surface area (Å²) in [6.07, 6.45) is -4.57. The van der Waals surface area contributed by atoms with Crippen molar-refractivity contribution in [3.63, 3.8) is 0 Å². The summed E-state index contributed by atoms with van der Waals surface area (Å²) in [5.74, 6) is -1.11. The van der Waals surface area contributed by atoms with Crippen molar-refractivity contribution in [3.8, 4) is 16.9 Å². The highest BCUT2D eigenvalue weighted by Gasteiger charge is 2.35. The molecule has 0 spiro atoms. The van der Waals surface area contributed by atoms with Crippen LogP contribution in [-0.4, -0.2) is 20.9 Å². The molecule has 3 rings (SSSR count). The molecule has 0 unspecified atom stereocenters. The highest BCUT2D eigenvalue weighted by molar-refractivity contribution is 5.87. The van der Waals surface area contributed by atoms with E-state index in [2.05, 4.69) is 5.10 Å². The van der Waals surface area contributed by atoms with Crippen molar-refractivity contribution < 1.29 is 23.1 Å². The first kappa shape index (κ1) is 15.8. The monoisotopic (exact) mass is 332 g/mol. The summed E-state index contributed by atoms with van der Waals surface area (Å²) >= 11 is 0. The van der Waals surface area contributed by atoms with Gasteiger partial charge in [-0.2, -0.15) is 18.3 Å². The van der Waals surface area contributed by atoms with Crippen LogP contribution in [0.2, 0.25) is 0 Å². The molecule has 0 aliphatic heterocycles. The third-order valence-corrected chi connectivity index (χ3v) is 3.43. The van der Waals surface area contributed by atoms with Crippen molar-refractivity contribution >= 4 is 5.97 Å². The number of rotatable bonds is 3. The van der Waals surface area contributed by atoms with Gasteiger partial charge in [-0.3, -0.25) is 0 Å². The number of alkyl halides is 3. The Morgan fingerprint density at radius 2 is 1.62 bits per heavy atom. The van der Waals surface area contributed by atoms with Crippen molar-refractivity contribution in [2.24, 2.45) is 0 Å². The van der Waals surface area contributed by atoms with E-state index in [4.69, 9.17) is 5.11 Å². The maximum absolute atomic E-state index is 13.0. The Hall–Kier alpha value is -3.09. The minimum absolute atomic E-state index is 0.0446. The normalized spacial score (nSPS) is 11.5. The predicted molar refractivity (Wildman–Crippen MR) is 81.0 cm³/mol. The van der Waals surface area contributed by atoms with Crippen LogP contribution in [0.5, 0.6) is 0 Å². The van der Waals surface area contributed by atoms with E-state index < -0.39 is 17.8 Å². The number of aromatic nitrogens is 2. The lowest BCUT2D eigenvalue weighted by atomic mass is 10.1. The zero-order chi connectivity index (χ0) is 17.3. The van der Waals surface area contributed by atoms with E-state index in [0.29, 0.717) is 11.3 Å². The summed E-state index contributed by atoms with van der Waals surface area (Å²) in [5.41, 5.74) is 0.218. The number of benzene rings is 2. The molecule has 0 saturated carbocycles. The summed E-state index contributed by atoms with van der Waals surface area (Å²) in [6.45, 7) is 0. The van der Waals surface area contributed by atoms with Gasteiger partial charge < -0.3 is 5.11 Å². The number of carboxylic acids is 1. The first-order valence-electron chi connectivity index (χ1n) is 6.92. The van der Waals surface area contributed by atoms with Crippen LogP contribution in [0.3, 0.4) is 0 Å². The largest absolute Gasteiger partial charge is 0.478 e. The molecule has 0 radical (unpaired) electrons. The molecule has 0 fully saturated rings. The summed E-state index contributed by atoms with van der Waals surface area (Å²) in [6, 6.07) is 15.0. The van der Waals surface area contributed by atoms with Crippen LogP contribution < -0.4 is 0 Å². The second-order valence-corrected chi connectivity index (χ2v) is 5.04. The average molecular weight is 332 g/mol. The number of nitrogens with zero attached hydrogens (tertiary/aromatic N) is 2. The SMILES string of the molecule is O=C(O)c1ccc(-n2nc(C(F)(F)F)cc2-c2ccccc2)cc1. The van der Waals surface area contributed by atoms with Gasteiger partial charge in [0.15, 0.2) is 5.69 Å². The van der Waals surface area contributed by atoms with Crippen LogP contribution in [0.1, 0.15) is 16.1 Å². The lowest BCUT2D eigenvalue weighted by molar-refractivity contribution is -0.141. The summed E-state index contributed by atoms with van der Waals surface area (Å²) in [5, 5.41) is 12.6. The molecule has 2 aromatic carbocycles. The van der Waals surface area contributed by atoms with Gasteiger partial charge in [0, 0.05) is 5.56 Å². The van der Waals surface area contributed by atoms with Crippen LogP contribution in [0.15, 0.2) is 60.7 Å². The van der Waals surface area contributed by atoms with Crippen molar-refractivity contribution in [2.45, 2.75) is 6.18 Å². The van der Waals surface area contributed by atoms with Crippen molar-refractivity contribution in [1.29, 1.82) is 0 Å². The molecule has 0 aliphatic rings. The first-order valence-corrected chi connectivity index (χ1v) is 6.92. The molecule has 0 aliphatic carbocycles. The minimum atomic E-state index is -4.57. The smallest absolute Gasteiger partial charge is 0.435 e. The van der Waals surface area contributed by atoms with Crippen molar-refractivity contribution in [2.75, 3.05) is 0 Å². The fraction of sp³-hybridized carbons (Fsp3) is 0.0588. The standard InChI is InChI=1S/C17H11F3N2O2/c18-17(19,20)15-10-14(11-4-2-1-3-5-11)22(21-15)13-8-6-12(7-9-13)16(23)24/h1-10H,(H,23,24). The highest BCUT2D eigenvalue weighted by Crippen LogP contribution is 2.33. The lowest BCUT2D eigenvalue weighted by Gasteiger charge is -2.08. The Morgan fingerprint density at radius 1 is 1.00 bits per heavy atom. The quantitative estimate of drug-likeness (QED) is 0.780. The molecule has 24 heavy (non-hydrogen) atoms. The Bertz CT molecular complexity index is 869. The number of carbonyl (C=O) groups is 1. The summed E-state index contributed by atoms with van der Waals surface area (Å²) in [4.78, 5) is 10.9. The van der Waals surface area contributed by atoms with Crippen LogP contribution in [-0.2, 0) is 6.18 Å². The summed E-state index contributed by atoms with van der Waals surface area (Å²) < 4.78 is 40.2. The van der Waals surface area contributed by atoms with Gasteiger partial charge >= 0.3 is 12.1 Å². The average Bonchev–Trinajstić information content (AvgIpc) is 3.01. The third kappa shape index (κ3) is 3.01. The molecule has 122 valence electrons. The second kappa shape index (κ2) is 5.84. The second-order valence-electron chi connectivity index (χ2n) is 5.04. The van der Waals surface area contributed by atoms with E-state index in [1.165, 1.54) is 24.3 Å². The van der Waals surface area contributed by atoms with Gasteiger partial charge in [-0.15, -0.1) is 0 Å². The molecule has 4 nitrogen and oxygen atoms in total.